The van der Waals surface area contributed by atoms with Gasteiger partial charge in [-0.3, -0.25) is 14.4 Å². The van der Waals surface area contributed by atoms with Gasteiger partial charge >= 0.3 is 5.97 Å². The lowest BCUT2D eigenvalue weighted by atomic mass is 9.66. The number of esters is 1. The fourth-order valence-electron chi connectivity index (χ4n) is 7.77. The maximum Gasteiger partial charge on any atom is 0.311 e. The molecule has 3 aliphatic rings. The van der Waals surface area contributed by atoms with Crippen molar-refractivity contribution in [3.05, 3.63) is 25.3 Å². The van der Waals surface area contributed by atoms with Gasteiger partial charge in [-0.15, -0.1) is 24.9 Å². The maximum absolute atomic E-state index is 14.8. The van der Waals surface area contributed by atoms with Crippen molar-refractivity contribution in [2.45, 2.75) is 121 Å². The number of unbranched alkanes of at least 4 members (excludes halogenated alkanes) is 2. The molecule has 3 rings (SSSR count). The summed E-state index contributed by atoms with van der Waals surface area (Å²) in [5.74, 6) is -1.93. The first-order chi connectivity index (χ1) is 18.6. The van der Waals surface area contributed by atoms with Crippen molar-refractivity contribution in [2.75, 3.05) is 19.8 Å². The number of aliphatic hydroxyl groups is 1. The third-order valence-corrected chi connectivity index (χ3v) is 11.1. The molecule has 1 N–H and O–H groups in total. The topological polar surface area (TPSA) is 87.1 Å². The predicted molar refractivity (Wildman–Crippen MR) is 162 cm³/mol. The third kappa shape index (κ3) is 5.90. The van der Waals surface area contributed by atoms with E-state index in [1.807, 2.05) is 17.9 Å². The van der Waals surface area contributed by atoms with Gasteiger partial charge in [0.25, 0.3) is 0 Å². The van der Waals surface area contributed by atoms with Gasteiger partial charge in [0.05, 0.1) is 35.8 Å². The van der Waals surface area contributed by atoms with Crippen LogP contribution in [0.15, 0.2) is 25.3 Å². The zero-order chi connectivity index (χ0) is 30.1. The summed E-state index contributed by atoms with van der Waals surface area (Å²) in [5, 5.41) is 10.4. The molecule has 2 amide bonds. The van der Waals surface area contributed by atoms with Crippen LogP contribution in [-0.2, 0) is 19.1 Å². The number of likely N-dealkylation sites (tertiary alicyclic amines) is 1. The number of amides is 2. The minimum Gasteiger partial charge on any atom is -0.465 e. The van der Waals surface area contributed by atoms with Crippen molar-refractivity contribution in [3.8, 4) is 0 Å². The molecule has 6 atom stereocenters. The van der Waals surface area contributed by atoms with Crippen molar-refractivity contribution in [2.24, 2.45) is 17.3 Å². The van der Waals surface area contributed by atoms with E-state index < -0.39 is 39.0 Å². The summed E-state index contributed by atoms with van der Waals surface area (Å²) in [6.45, 7) is 22.7. The van der Waals surface area contributed by atoms with Crippen LogP contribution in [0.2, 0.25) is 0 Å². The lowest BCUT2D eigenvalue weighted by Crippen LogP contribution is -2.61. The molecule has 0 saturated carbocycles. The molecule has 2 bridgehead atoms. The van der Waals surface area contributed by atoms with Gasteiger partial charge in [0, 0.05) is 16.8 Å². The summed E-state index contributed by atoms with van der Waals surface area (Å²) in [4.78, 5) is 46.3. The number of fused-ring (bicyclic) bond motifs is 1. The first-order valence-electron chi connectivity index (χ1n) is 15.0. The van der Waals surface area contributed by atoms with E-state index in [0.29, 0.717) is 26.0 Å². The first kappa shape index (κ1) is 32.7. The van der Waals surface area contributed by atoms with Crippen molar-refractivity contribution in [3.63, 3.8) is 0 Å². The number of carbonyl (C=O) groups excluding carboxylic acids is 3. The highest BCUT2D eigenvalue weighted by atomic mass is 32.2. The van der Waals surface area contributed by atoms with Crippen LogP contribution in [0.4, 0.5) is 0 Å². The largest absolute Gasteiger partial charge is 0.465 e. The Balaban J connectivity index is 2.05. The minimum atomic E-state index is -0.765. The van der Waals surface area contributed by atoms with Gasteiger partial charge in [-0.25, -0.2) is 0 Å². The Morgan fingerprint density at radius 2 is 1.88 bits per heavy atom. The second-order valence-corrected chi connectivity index (χ2v) is 15.9. The minimum absolute atomic E-state index is 0.0270. The van der Waals surface area contributed by atoms with Crippen LogP contribution in [0.3, 0.4) is 0 Å². The molecule has 2 unspecified atom stereocenters. The molecular formula is C32H52N2O5S. The van der Waals surface area contributed by atoms with Crippen molar-refractivity contribution < 1.29 is 24.2 Å². The van der Waals surface area contributed by atoms with Crippen LogP contribution < -0.4 is 0 Å². The van der Waals surface area contributed by atoms with Crippen LogP contribution >= 0.6 is 11.8 Å². The number of allylic oxidation sites excluding steroid dienone is 1. The fraction of sp³-hybridized carbons (Fsp3) is 0.781. The summed E-state index contributed by atoms with van der Waals surface area (Å²) < 4.78 is 4.55. The molecule has 3 saturated heterocycles. The van der Waals surface area contributed by atoms with Gasteiger partial charge in [0.2, 0.25) is 11.8 Å². The molecule has 1 spiro atoms. The molecule has 0 radical (unpaired) electrons. The van der Waals surface area contributed by atoms with E-state index in [1.165, 1.54) is 0 Å². The number of nitrogens with zero attached hydrogens (tertiary/aromatic N) is 2. The second kappa shape index (κ2) is 12.2. The molecule has 3 fully saturated rings. The molecule has 0 aromatic rings. The standard InChI is InChI=1S/C32H52N2O5S/c1-10-13-14-15-19-39-28(38)24-23-26(36)34(22(12-3)20-35)25(32(23)17-16-31(24,9)40-32)27(37)33(18-11-2)30(7,8)21-29(4,5)6/h10-11,22-25,35H,1-2,12-21H2,3-9H3/t22-,23-,24-,25?,31+,32?/m0/s1. The summed E-state index contributed by atoms with van der Waals surface area (Å²) >= 11 is 1.65. The molecule has 3 aliphatic heterocycles. The second-order valence-electron chi connectivity index (χ2n) is 14.0. The number of hydrogen-bond acceptors (Lipinski definition) is 6. The van der Waals surface area contributed by atoms with Gasteiger partial charge in [-0.1, -0.05) is 39.8 Å². The molecule has 8 heteroatoms. The Bertz CT molecular complexity index is 986. The van der Waals surface area contributed by atoms with Gasteiger partial charge in [-0.2, -0.15) is 0 Å². The van der Waals surface area contributed by atoms with Crippen molar-refractivity contribution >= 4 is 29.5 Å². The maximum atomic E-state index is 14.8. The Morgan fingerprint density at radius 1 is 1.20 bits per heavy atom. The normalized spacial score (nSPS) is 30.2. The molecule has 7 nitrogen and oxygen atoms in total. The number of rotatable bonds is 14. The van der Waals surface area contributed by atoms with Crippen molar-refractivity contribution in [1.29, 1.82) is 0 Å². The lowest BCUT2D eigenvalue weighted by molar-refractivity contribution is -0.156. The summed E-state index contributed by atoms with van der Waals surface area (Å²) in [6, 6.07) is -1.26. The fourth-order valence-corrected chi connectivity index (χ4v) is 10.1. The van der Waals surface area contributed by atoms with Crippen LogP contribution in [0.5, 0.6) is 0 Å². The van der Waals surface area contributed by atoms with Crippen LogP contribution in [0.1, 0.15) is 93.4 Å². The van der Waals surface area contributed by atoms with E-state index in [4.69, 9.17) is 4.74 Å². The van der Waals surface area contributed by atoms with E-state index in [2.05, 4.69) is 54.7 Å². The zero-order valence-corrected chi connectivity index (χ0v) is 26.6. The van der Waals surface area contributed by atoms with E-state index in [9.17, 15) is 19.5 Å². The molecule has 0 aromatic heterocycles. The van der Waals surface area contributed by atoms with E-state index in [-0.39, 0.29) is 29.8 Å². The van der Waals surface area contributed by atoms with Crippen LogP contribution in [-0.4, -0.2) is 79.6 Å². The molecular weight excluding hydrogens is 524 g/mol. The van der Waals surface area contributed by atoms with Gasteiger partial charge in [-0.05, 0) is 71.1 Å². The summed E-state index contributed by atoms with van der Waals surface area (Å²) in [5.41, 5.74) is -0.524. The average molecular weight is 577 g/mol. The number of hydrogen-bond donors (Lipinski definition) is 1. The molecule has 226 valence electrons. The van der Waals surface area contributed by atoms with E-state index in [1.54, 1.807) is 22.7 Å². The molecule has 40 heavy (non-hydrogen) atoms. The van der Waals surface area contributed by atoms with Gasteiger partial charge in [0.15, 0.2) is 0 Å². The van der Waals surface area contributed by atoms with Gasteiger partial charge in [0.1, 0.15) is 6.04 Å². The van der Waals surface area contributed by atoms with Crippen molar-refractivity contribution in [1.82, 2.24) is 9.80 Å². The Labute approximate surface area is 246 Å². The quantitative estimate of drug-likeness (QED) is 0.170. The monoisotopic (exact) mass is 576 g/mol. The average Bonchev–Trinajstić information content (AvgIpc) is 3.42. The highest BCUT2D eigenvalue weighted by Crippen LogP contribution is 2.72. The highest BCUT2D eigenvalue weighted by Gasteiger charge is 2.78. The lowest BCUT2D eigenvalue weighted by Gasteiger charge is -2.46. The van der Waals surface area contributed by atoms with E-state index in [0.717, 1.165) is 32.1 Å². The Hall–Kier alpha value is -1.80. The first-order valence-corrected chi connectivity index (χ1v) is 15.8. The molecule has 0 aliphatic carbocycles. The number of ether oxygens (including phenoxy) is 1. The number of aliphatic hydroxyl groups excluding tert-OH is 1. The number of thioether (sulfide) groups is 1. The molecule has 3 heterocycles. The highest BCUT2D eigenvalue weighted by molar-refractivity contribution is 8.02. The molecule has 0 aromatic carbocycles. The zero-order valence-electron chi connectivity index (χ0n) is 25.8. The Kier molecular flexibility index (Phi) is 9.98. The van der Waals surface area contributed by atoms with Gasteiger partial charge < -0.3 is 19.6 Å². The number of carbonyl (C=O) groups is 3. The smallest absolute Gasteiger partial charge is 0.311 e. The third-order valence-electron chi connectivity index (χ3n) is 9.10. The predicted octanol–water partition coefficient (Wildman–Crippen LogP) is 5.37. The summed E-state index contributed by atoms with van der Waals surface area (Å²) in [7, 11) is 0. The Morgan fingerprint density at radius 3 is 2.42 bits per heavy atom. The summed E-state index contributed by atoms with van der Waals surface area (Å²) in [6.07, 6.45) is 8.78. The van der Waals surface area contributed by atoms with E-state index >= 15 is 0 Å². The van der Waals surface area contributed by atoms with Crippen LogP contribution in [0, 0.1) is 17.3 Å². The SMILES string of the molecule is C=CCCCCOC(=O)[C@@H]1[C@H]2C(=O)N([C@@H](CC)CO)C(C(=O)N(CC=C)C(C)(C)CC(C)(C)C)C23CC[C@@]1(C)S3. The van der Waals surface area contributed by atoms with Crippen LogP contribution in [0.25, 0.3) is 0 Å².